The highest BCUT2D eigenvalue weighted by molar-refractivity contribution is 7.80. The number of rotatable bonds is 10. The van der Waals surface area contributed by atoms with Crippen LogP contribution in [0.5, 0.6) is 0 Å². The van der Waals surface area contributed by atoms with Gasteiger partial charge in [-0.05, 0) is 18.6 Å². The quantitative estimate of drug-likeness (QED) is 0.110. The first-order valence-corrected chi connectivity index (χ1v) is 13.4. The Balaban J connectivity index is 1.64. The van der Waals surface area contributed by atoms with Gasteiger partial charge in [0.15, 0.2) is 12.6 Å². The number of thiol groups is 1. The SMILES string of the molecule is N[C@@H]1[C@@H](O)[C@@H](O[C@@H]2[C@@H](O)[C@H](OC3C[C@@H](O)[C@H](O)[C@@H](CNC(=O)CCCS)O3)[C@@H](N)C[C@H]2N)O[C@H](CO)[C@H]1O. The molecular weight excluding hydrogens is 528 g/mol. The van der Waals surface area contributed by atoms with Crippen molar-refractivity contribution in [3.63, 3.8) is 0 Å². The molecule has 0 spiro atoms. The molecule has 3 rings (SSSR count). The van der Waals surface area contributed by atoms with Crippen molar-refractivity contribution >= 4 is 18.5 Å². The minimum atomic E-state index is -1.48. The number of ether oxygens (including phenoxy) is 4. The number of hydrogen-bond donors (Lipinski definition) is 11. The fourth-order valence-corrected chi connectivity index (χ4v) is 5.07. The number of amides is 1. The molecule has 1 unspecified atom stereocenters. The molecule has 2 saturated heterocycles. The predicted molar refractivity (Wildman–Crippen MR) is 133 cm³/mol. The summed E-state index contributed by atoms with van der Waals surface area (Å²) in [6, 6.07) is -2.75. The van der Waals surface area contributed by atoms with Crippen LogP contribution in [0.3, 0.4) is 0 Å². The Labute approximate surface area is 225 Å². The van der Waals surface area contributed by atoms with Crippen LogP contribution < -0.4 is 22.5 Å². The number of carbonyl (C=O) groups is 1. The second-order valence-electron chi connectivity index (χ2n) is 10.1. The zero-order chi connectivity index (χ0) is 28.1. The van der Waals surface area contributed by atoms with E-state index in [2.05, 4.69) is 17.9 Å². The van der Waals surface area contributed by atoms with Gasteiger partial charge in [-0.2, -0.15) is 12.6 Å². The van der Waals surface area contributed by atoms with E-state index in [1.54, 1.807) is 0 Å². The monoisotopic (exact) mass is 570 g/mol. The van der Waals surface area contributed by atoms with Crippen LogP contribution in [-0.2, 0) is 23.7 Å². The van der Waals surface area contributed by atoms with E-state index in [1.165, 1.54) is 0 Å². The zero-order valence-electron chi connectivity index (χ0n) is 20.9. The highest BCUT2D eigenvalue weighted by Gasteiger charge is 2.50. The molecule has 0 aromatic rings. The molecule has 13 N–H and O–H groups in total. The summed E-state index contributed by atoms with van der Waals surface area (Å²) >= 11 is 4.06. The molecule has 0 aromatic heterocycles. The van der Waals surface area contributed by atoms with Gasteiger partial charge in [0, 0.05) is 31.5 Å². The van der Waals surface area contributed by atoms with Crippen LogP contribution in [0.25, 0.3) is 0 Å². The lowest BCUT2D eigenvalue weighted by Crippen LogP contribution is -2.67. The number of carbonyl (C=O) groups excluding carboxylic acids is 1. The molecule has 1 aliphatic carbocycles. The van der Waals surface area contributed by atoms with E-state index in [9.17, 15) is 35.4 Å². The largest absolute Gasteiger partial charge is 0.394 e. The molecule has 0 aromatic carbocycles. The Hall–Kier alpha value is -0.700. The number of aliphatic hydroxyl groups excluding tert-OH is 6. The van der Waals surface area contributed by atoms with Crippen LogP contribution in [0.2, 0.25) is 0 Å². The maximum atomic E-state index is 11.9. The zero-order valence-corrected chi connectivity index (χ0v) is 21.8. The summed E-state index contributed by atoms with van der Waals surface area (Å²) in [5.74, 6) is 0.291. The lowest BCUT2D eigenvalue weighted by molar-refractivity contribution is -0.317. The molecule has 15 nitrogen and oxygen atoms in total. The average Bonchev–Trinajstić information content (AvgIpc) is 2.88. The van der Waals surface area contributed by atoms with Crippen molar-refractivity contribution < 1.29 is 54.4 Å². The average molecular weight is 571 g/mol. The fourth-order valence-electron chi connectivity index (χ4n) is 4.91. The van der Waals surface area contributed by atoms with E-state index < -0.39 is 92.2 Å². The second kappa shape index (κ2) is 14.3. The second-order valence-corrected chi connectivity index (χ2v) is 10.5. The highest BCUT2D eigenvalue weighted by Crippen LogP contribution is 2.31. The molecule has 0 radical (unpaired) electrons. The van der Waals surface area contributed by atoms with E-state index in [0.29, 0.717) is 12.2 Å². The van der Waals surface area contributed by atoms with Crippen LogP contribution in [0.4, 0.5) is 0 Å². The summed E-state index contributed by atoms with van der Waals surface area (Å²) in [4.78, 5) is 11.9. The number of nitrogens with two attached hydrogens (primary N) is 3. The number of nitrogens with one attached hydrogen (secondary N) is 1. The van der Waals surface area contributed by atoms with Crippen molar-refractivity contribution in [2.24, 2.45) is 17.2 Å². The van der Waals surface area contributed by atoms with Gasteiger partial charge in [0.2, 0.25) is 5.91 Å². The molecular formula is C22H42N4O11S. The summed E-state index contributed by atoms with van der Waals surface area (Å²) in [6.45, 7) is -0.657. The van der Waals surface area contributed by atoms with Crippen LogP contribution in [0.15, 0.2) is 0 Å². The van der Waals surface area contributed by atoms with Crippen molar-refractivity contribution in [3.05, 3.63) is 0 Å². The molecule has 2 aliphatic heterocycles. The molecule has 3 fully saturated rings. The summed E-state index contributed by atoms with van der Waals surface area (Å²) < 4.78 is 22.9. The lowest BCUT2D eigenvalue weighted by atomic mass is 9.84. The Kier molecular flexibility index (Phi) is 12.0. The topological polar surface area (TPSA) is 265 Å². The normalized spacial score (nSPS) is 46.1. The van der Waals surface area contributed by atoms with Gasteiger partial charge in [-0.15, -0.1) is 0 Å². The number of hydrogen-bond acceptors (Lipinski definition) is 15. The first kappa shape index (κ1) is 31.8. The molecule has 3 aliphatic rings. The van der Waals surface area contributed by atoms with E-state index >= 15 is 0 Å². The molecule has 1 saturated carbocycles. The third-order valence-corrected chi connectivity index (χ3v) is 7.51. The van der Waals surface area contributed by atoms with Crippen molar-refractivity contribution in [2.45, 2.75) is 111 Å². The van der Waals surface area contributed by atoms with Gasteiger partial charge < -0.3 is 72.1 Å². The molecule has 222 valence electrons. The molecule has 16 heteroatoms. The van der Waals surface area contributed by atoms with Crippen molar-refractivity contribution in [2.75, 3.05) is 18.9 Å². The van der Waals surface area contributed by atoms with Gasteiger partial charge in [-0.3, -0.25) is 4.79 Å². The third kappa shape index (κ3) is 7.52. The third-order valence-electron chi connectivity index (χ3n) is 7.20. The molecule has 1 amide bonds. The maximum Gasteiger partial charge on any atom is 0.220 e. The van der Waals surface area contributed by atoms with E-state index in [1.807, 2.05) is 0 Å². The van der Waals surface area contributed by atoms with Crippen molar-refractivity contribution in [1.29, 1.82) is 0 Å². The smallest absolute Gasteiger partial charge is 0.220 e. The summed E-state index contributed by atoms with van der Waals surface area (Å²) in [6.07, 6.45) is -12.8. The molecule has 0 bridgehead atoms. The predicted octanol–water partition coefficient (Wildman–Crippen LogP) is -5.39. The minimum Gasteiger partial charge on any atom is -0.394 e. The Morgan fingerprint density at radius 2 is 1.55 bits per heavy atom. The Bertz CT molecular complexity index is 758. The summed E-state index contributed by atoms with van der Waals surface area (Å²) in [7, 11) is 0. The first-order valence-electron chi connectivity index (χ1n) is 12.8. The van der Waals surface area contributed by atoms with Crippen LogP contribution in [0, 0.1) is 0 Å². The van der Waals surface area contributed by atoms with E-state index in [0.717, 1.165) is 0 Å². The Morgan fingerprint density at radius 1 is 0.895 bits per heavy atom. The fraction of sp³-hybridized carbons (Fsp3) is 0.955. The number of aliphatic hydroxyl groups is 6. The lowest BCUT2D eigenvalue weighted by Gasteiger charge is -2.47. The highest BCUT2D eigenvalue weighted by atomic mass is 32.1. The van der Waals surface area contributed by atoms with Gasteiger partial charge in [0.1, 0.15) is 48.8 Å². The minimum absolute atomic E-state index is 0.0750. The van der Waals surface area contributed by atoms with Crippen LogP contribution in [0.1, 0.15) is 25.7 Å². The summed E-state index contributed by atoms with van der Waals surface area (Å²) in [5, 5.41) is 64.3. The van der Waals surface area contributed by atoms with Gasteiger partial charge >= 0.3 is 0 Å². The van der Waals surface area contributed by atoms with E-state index in [4.69, 9.17) is 36.1 Å². The molecule has 38 heavy (non-hydrogen) atoms. The Morgan fingerprint density at radius 3 is 2.18 bits per heavy atom. The first-order chi connectivity index (χ1) is 18.0. The molecule has 2 heterocycles. The van der Waals surface area contributed by atoms with Gasteiger partial charge in [0.25, 0.3) is 0 Å². The van der Waals surface area contributed by atoms with Gasteiger partial charge in [-0.1, -0.05) is 0 Å². The van der Waals surface area contributed by atoms with Crippen molar-refractivity contribution in [3.8, 4) is 0 Å². The van der Waals surface area contributed by atoms with Gasteiger partial charge in [0.05, 0.1) is 18.8 Å². The standard InChI is InChI=1S/C22H42N4O11S/c23-8-4-9(24)21(37-22-18(32)15(25)17(31)12(7-27)35-22)19(33)20(8)36-14-5-10(28)16(30)11(34-14)6-26-13(29)2-1-3-38/h8-12,14-22,27-28,30-33,38H,1-7,23-25H2,(H,26,29)/t8-,9+,10+,11+,12+,14?,15-,16-,17+,18+,19-,20+,21-,22+/m0/s1. The summed E-state index contributed by atoms with van der Waals surface area (Å²) in [5.41, 5.74) is 18.2. The van der Waals surface area contributed by atoms with Crippen LogP contribution in [-0.4, -0.2) is 141 Å². The van der Waals surface area contributed by atoms with Gasteiger partial charge in [-0.25, -0.2) is 0 Å². The molecule has 14 atom stereocenters. The van der Waals surface area contributed by atoms with Crippen molar-refractivity contribution in [1.82, 2.24) is 5.32 Å². The van der Waals surface area contributed by atoms with E-state index in [-0.39, 0.29) is 31.7 Å². The van der Waals surface area contributed by atoms with Crippen LogP contribution >= 0.6 is 12.6 Å². The maximum absolute atomic E-state index is 11.9.